The Bertz CT molecular complexity index is 138. The molecule has 0 aromatic carbocycles. The Balaban J connectivity index is 2.47. The van der Waals surface area contributed by atoms with Gasteiger partial charge in [0, 0.05) is 0 Å². The fraction of sp³-hybridized carbons (Fsp3) is 0.750. The maximum atomic E-state index is 9.31. The Morgan fingerprint density at radius 3 is 2.60 bits per heavy atom. The van der Waals surface area contributed by atoms with Crippen molar-refractivity contribution in [2.75, 3.05) is 0 Å². The van der Waals surface area contributed by atoms with Crippen LogP contribution in [-0.2, 0) is 0 Å². The van der Waals surface area contributed by atoms with Crippen molar-refractivity contribution >= 4 is 0 Å². The number of aliphatic hydroxyl groups excluding tert-OH is 2. The number of hydrogen-bond donors (Lipinski definition) is 2. The van der Waals surface area contributed by atoms with E-state index in [-0.39, 0.29) is 0 Å². The quantitative estimate of drug-likeness (QED) is 0.561. The van der Waals surface area contributed by atoms with Gasteiger partial charge >= 0.3 is 0 Å². The highest BCUT2D eigenvalue weighted by molar-refractivity contribution is 5.13. The topological polar surface area (TPSA) is 40.5 Å². The summed E-state index contributed by atoms with van der Waals surface area (Å²) in [5.74, 6) is 0. The summed E-state index contributed by atoms with van der Waals surface area (Å²) in [6, 6.07) is 0. The van der Waals surface area contributed by atoms with Crippen LogP contribution in [0, 0.1) is 0 Å². The van der Waals surface area contributed by atoms with Crippen LogP contribution in [0.4, 0.5) is 0 Å². The van der Waals surface area contributed by atoms with Gasteiger partial charge in [-0.15, -0.1) is 0 Å². The van der Waals surface area contributed by atoms with Crippen molar-refractivity contribution in [1.29, 1.82) is 0 Å². The smallest absolute Gasteiger partial charge is 0.101 e. The molecule has 2 nitrogen and oxygen atoms in total. The van der Waals surface area contributed by atoms with Crippen molar-refractivity contribution in [1.82, 2.24) is 0 Å². The van der Waals surface area contributed by atoms with Gasteiger partial charge in [0.25, 0.3) is 0 Å². The molecule has 0 heterocycles. The second-order valence-corrected chi connectivity index (χ2v) is 2.86. The Labute approximate surface area is 61.2 Å². The number of rotatable bonds is 2. The van der Waals surface area contributed by atoms with Gasteiger partial charge in [0.1, 0.15) is 6.10 Å². The maximum Gasteiger partial charge on any atom is 0.101 e. The van der Waals surface area contributed by atoms with E-state index in [1.165, 1.54) is 0 Å². The summed E-state index contributed by atoms with van der Waals surface area (Å²) in [6.45, 7) is 1.61. The average Bonchev–Trinajstić information content (AvgIpc) is 2.36. The molecule has 58 valence electrons. The summed E-state index contributed by atoms with van der Waals surface area (Å²) in [4.78, 5) is 0. The molecule has 0 aromatic heterocycles. The minimum Gasteiger partial charge on any atom is -0.390 e. The van der Waals surface area contributed by atoms with E-state index < -0.39 is 12.2 Å². The lowest BCUT2D eigenvalue weighted by Gasteiger charge is -2.14. The molecule has 0 spiro atoms. The zero-order valence-electron chi connectivity index (χ0n) is 6.25. The van der Waals surface area contributed by atoms with E-state index in [0.717, 1.165) is 24.8 Å². The van der Waals surface area contributed by atoms with Gasteiger partial charge in [0.05, 0.1) is 6.10 Å². The van der Waals surface area contributed by atoms with Crippen LogP contribution in [0.5, 0.6) is 0 Å². The zero-order valence-corrected chi connectivity index (χ0v) is 6.25. The number of allylic oxidation sites excluding steroid dienone is 1. The van der Waals surface area contributed by atoms with Crippen LogP contribution in [0.2, 0.25) is 0 Å². The maximum absolute atomic E-state index is 9.31. The van der Waals surface area contributed by atoms with Gasteiger partial charge in [-0.3, -0.25) is 0 Å². The molecule has 1 aliphatic rings. The lowest BCUT2D eigenvalue weighted by molar-refractivity contribution is 0.0533. The largest absolute Gasteiger partial charge is 0.390 e. The molecule has 1 aliphatic carbocycles. The molecule has 2 N–H and O–H groups in total. The first kappa shape index (κ1) is 7.76. The minimum absolute atomic E-state index is 0.621. The first-order valence-corrected chi connectivity index (χ1v) is 3.77. The van der Waals surface area contributed by atoms with Crippen LogP contribution in [0.3, 0.4) is 0 Å². The molecular weight excluding hydrogens is 128 g/mol. The van der Waals surface area contributed by atoms with E-state index >= 15 is 0 Å². The Morgan fingerprint density at radius 2 is 2.20 bits per heavy atom. The summed E-state index contributed by atoms with van der Waals surface area (Å²) < 4.78 is 0. The van der Waals surface area contributed by atoms with Crippen LogP contribution in [0.25, 0.3) is 0 Å². The molecule has 0 fully saturated rings. The van der Waals surface area contributed by atoms with E-state index in [2.05, 4.69) is 0 Å². The van der Waals surface area contributed by atoms with Gasteiger partial charge in [-0.05, 0) is 31.8 Å². The third-order valence-corrected chi connectivity index (χ3v) is 1.91. The van der Waals surface area contributed by atoms with Crippen LogP contribution in [-0.4, -0.2) is 22.4 Å². The molecule has 0 bridgehead atoms. The van der Waals surface area contributed by atoms with E-state index in [0.29, 0.717) is 0 Å². The lowest BCUT2D eigenvalue weighted by Crippen LogP contribution is -2.23. The first-order chi connectivity index (χ1) is 4.72. The molecule has 1 rings (SSSR count). The van der Waals surface area contributed by atoms with Gasteiger partial charge < -0.3 is 10.2 Å². The van der Waals surface area contributed by atoms with Crippen LogP contribution in [0.15, 0.2) is 11.6 Å². The molecule has 0 radical (unpaired) electrons. The van der Waals surface area contributed by atoms with Gasteiger partial charge in [0.15, 0.2) is 0 Å². The van der Waals surface area contributed by atoms with Gasteiger partial charge in [0.2, 0.25) is 0 Å². The fourth-order valence-corrected chi connectivity index (χ4v) is 1.27. The lowest BCUT2D eigenvalue weighted by atomic mass is 10.1. The van der Waals surface area contributed by atoms with E-state index in [9.17, 15) is 5.11 Å². The fourth-order valence-electron chi connectivity index (χ4n) is 1.27. The second-order valence-electron chi connectivity index (χ2n) is 2.86. The molecule has 0 aromatic rings. The Hall–Kier alpha value is -0.340. The van der Waals surface area contributed by atoms with Gasteiger partial charge in [-0.2, -0.15) is 0 Å². The summed E-state index contributed by atoms with van der Waals surface area (Å²) >= 11 is 0. The second kappa shape index (κ2) is 3.17. The predicted molar refractivity (Wildman–Crippen MR) is 39.6 cm³/mol. The molecule has 2 heteroatoms. The molecule has 0 saturated carbocycles. The average molecular weight is 142 g/mol. The van der Waals surface area contributed by atoms with E-state index in [1.54, 1.807) is 6.92 Å². The van der Waals surface area contributed by atoms with E-state index in [1.807, 2.05) is 6.08 Å². The minimum atomic E-state index is -0.623. The van der Waals surface area contributed by atoms with Crippen LogP contribution >= 0.6 is 0 Å². The van der Waals surface area contributed by atoms with Crippen molar-refractivity contribution in [3.05, 3.63) is 11.6 Å². The molecule has 0 saturated heterocycles. The summed E-state index contributed by atoms with van der Waals surface area (Å²) in [5, 5.41) is 18.3. The normalized spacial score (nSPS) is 24.1. The van der Waals surface area contributed by atoms with Gasteiger partial charge in [-0.1, -0.05) is 6.08 Å². The third-order valence-electron chi connectivity index (χ3n) is 1.91. The molecule has 2 atom stereocenters. The highest BCUT2D eigenvalue weighted by atomic mass is 16.3. The zero-order chi connectivity index (χ0) is 7.56. The van der Waals surface area contributed by atoms with Crippen molar-refractivity contribution in [2.24, 2.45) is 0 Å². The highest BCUT2D eigenvalue weighted by Crippen LogP contribution is 2.22. The Morgan fingerprint density at radius 1 is 1.50 bits per heavy atom. The summed E-state index contributed by atoms with van der Waals surface area (Å²) in [7, 11) is 0. The SMILES string of the molecule is CC(O)C(O)C1=CCCC1. The molecule has 2 unspecified atom stereocenters. The molecule has 0 amide bonds. The van der Waals surface area contributed by atoms with Crippen molar-refractivity contribution in [3.63, 3.8) is 0 Å². The monoisotopic (exact) mass is 142 g/mol. The van der Waals surface area contributed by atoms with Crippen molar-refractivity contribution in [2.45, 2.75) is 38.4 Å². The standard InChI is InChI=1S/C8H14O2/c1-6(9)8(10)7-4-2-3-5-7/h4,6,8-10H,2-3,5H2,1H3. The van der Waals surface area contributed by atoms with Crippen LogP contribution < -0.4 is 0 Å². The first-order valence-electron chi connectivity index (χ1n) is 3.77. The molecule has 10 heavy (non-hydrogen) atoms. The summed E-state index contributed by atoms with van der Waals surface area (Å²) in [5.41, 5.74) is 1.01. The highest BCUT2D eigenvalue weighted by Gasteiger charge is 2.17. The van der Waals surface area contributed by atoms with Crippen molar-refractivity contribution < 1.29 is 10.2 Å². The molecular formula is C8H14O2. The predicted octanol–water partition coefficient (Wildman–Crippen LogP) is 0.838. The number of hydrogen-bond acceptors (Lipinski definition) is 2. The molecule has 0 aliphatic heterocycles. The number of aliphatic hydroxyl groups is 2. The summed E-state index contributed by atoms with van der Waals surface area (Å²) in [6.07, 6.45) is 3.91. The van der Waals surface area contributed by atoms with Gasteiger partial charge in [-0.25, -0.2) is 0 Å². The third kappa shape index (κ3) is 1.58. The Kier molecular flexibility index (Phi) is 2.46. The van der Waals surface area contributed by atoms with Crippen LogP contribution in [0.1, 0.15) is 26.2 Å². The van der Waals surface area contributed by atoms with E-state index in [4.69, 9.17) is 5.11 Å². The van der Waals surface area contributed by atoms with Crippen molar-refractivity contribution in [3.8, 4) is 0 Å².